The fourth-order valence-electron chi connectivity index (χ4n) is 1.12. The minimum atomic E-state index is -4.11. The van der Waals surface area contributed by atoms with E-state index < -0.39 is 31.9 Å². The number of non-ortho nitro benzene ring substituents is 1. The van der Waals surface area contributed by atoms with Crippen molar-refractivity contribution in [3.8, 4) is 0 Å². The molecular formula is C7H6BrN2O6S2-. The van der Waals surface area contributed by atoms with Crippen LogP contribution in [0.5, 0.6) is 0 Å². The summed E-state index contributed by atoms with van der Waals surface area (Å²) in [4.78, 5) is 9.82. The highest BCUT2D eigenvalue weighted by Gasteiger charge is 2.23. The molecule has 1 atom stereocenters. The first-order valence-corrected chi connectivity index (χ1v) is 7.85. The van der Waals surface area contributed by atoms with Crippen molar-refractivity contribution in [3.63, 3.8) is 0 Å². The van der Waals surface area contributed by atoms with Gasteiger partial charge in [-0.15, -0.1) is 0 Å². The molecule has 100 valence electrons. The number of hydrogen-bond donors (Lipinski definition) is 0. The topological polar surface area (TPSA) is 121 Å². The maximum Gasteiger partial charge on any atom is 0.271 e. The molecule has 0 bridgehead atoms. The summed E-state index contributed by atoms with van der Waals surface area (Å²) in [5, 5.41) is 10.6. The lowest BCUT2D eigenvalue weighted by Crippen LogP contribution is -2.31. The van der Waals surface area contributed by atoms with Crippen LogP contribution in [0.25, 0.3) is 0 Å². The quantitative estimate of drug-likeness (QED) is 0.448. The van der Waals surface area contributed by atoms with Gasteiger partial charge in [-0.25, -0.2) is 8.42 Å². The normalized spacial score (nSPS) is 13.1. The molecule has 1 aromatic rings. The molecule has 8 nitrogen and oxygen atoms in total. The van der Waals surface area contributed by atoms with Crippen molar-refractivity contribution < 1.29 is 22.1 Å². The first-order chi connectivity index (χ1) is 8.14. The molecule has 0 saturated carbocycles. The van der Waals surface area contributed by atoms with Crippen LogP contribution in [-0.4, -0.2) is 28.4 Å². The van der Waals surface area contributed by atoms with Crippen LogP contribution in [0.3, 0.4) is 0 Å². The highest BCUT2D eigenvalue weighted by Crippen LogP contribution is 2.32. The molecule has 0 aliphatic carbocycles. The van der Waals surface area contributed by atoms with E-state index in [9.17, 15) is 27.3 Å². The molecule has 0 fully saturated rings. The lowest BCUT2D eigenvalue weighted by molar-refractivity contribution is -0.384. The third kappa shape index (κ3) is 3.25. The van der Waals surface area contributed by atoms with Gasteiger partial charge in [0.15, 0.2) is 0 Å². The molecule has 0 radical (unpaired) electrons. The highest BCUT2D eigenvalue weighted by atomic mass is 79.9. The van der Waals surface area contributed by atoms with Gasteiger partial charge in [0.25, 0.3) is 5.69 Å². The Hall–Kier alpha value is -1.04. The minimum absolute atomic E-state index is 0.0596. The Kier molecular flexibility index (Phi) is 4.42. The highest BCUT2D eigenvalue weighted by molar-refractivity contribution is 9.10. The van der Waals surface area contributed by atoms with E-state index in [0.717, 1.165) is 12.1 Å². The number of benzene rings is 1. The summed E-state index contributed by atoms with van der Waals surface area (Å²) < 4.78 is 44.7. The van der Waals surface area contributed by atoms with E-state index in [1.54, 1.807) is 0 Å². The molecule has 0 N–H and O–H groups in total. The summed E-state index contributed by atoms with van der Waals surface area (Å²) in [5.41, 5.74) is -0.771. The Labute approximate surface area is 113 Å². The lowest BCUT2D eigenvalue weighted by atomic mass is 10.3. The van der Waals surface area contributed by atoms with Crippen LogP contribution >= 0.6 is 15.9 Å². The third-order valence-corrected chi connectivity index (χ3v) is 4.89. The van der Waals surface area contributed by atoms with E-state index in [4.69, 9.17) is 0 Å². The zero-order valence-corrected chi connectivity index (χ0v) is 12.0. The van der Waals surface area contributed by atoms with Crippen molar-refractivity contribution in [1.82, 2.24) is 0 Å². The zero-order valence-electron chi connectivity index (χ0n) is 8.77. The fraction of sp³-hybridized carbons (Fsp3) is 0.143. The van der Waals surface area contributed by atoms with Gasteiger partial charge < -0.3 is 4.55 Å². The average molecular weight is 358 g/mol. The predicted octanol–water partition coefficient (Wildman–Crippen LogP) is 0.917. The van der Waals surface area contributed by atoms with E-state index in [-0.39, 0.29) is 13.9 Å². The zero-order chi connectivity index (χ0) is 14.1. The van der Waals surface area contributed by atoms with Crippen molar-refractivity contribution in [2.45, 2.75) is 0 Å². The van der Waals surface area contributed by atoms with Gasteiger partial charge in [0.05, 0.1) is 28.1 Å². The first kappa shape index (κ1) is 15.0. The number of rotatable bonds is 4. The van der Waals surface area contributed by atoms with Gasteiger partial charge in [-0.1, -0.05) is 0 Å². The van der Waals surface area contributed by atoms with Gasteiger partial charge in [-0.2, -0.15) is 3.71 Å². The van der Waals surface area contributed by atoms with Crippen LogP contribution in [0.1, 0.15) is 0 Å². The van der Waals surface area contributed by atoms with Crippen LogP contribution in [0.15, 0.2) is 22.7 Å². The van der Waals surface area contributed by atoms with E-state index >= 15 is 0 Å². The summed E-state index contributed by atoms with van der Waals surface area (Å²) >= 11 is -0.174. The molecule has 0 aromatic heterocycles. The smallest absolute Gasteiger partial charge is 0.271 e. The summed E-state index contributed by atoms with van der Waals surface area (Å²) in [6, 6.07) is 3.15. The Morgan fingerprint density at radius 3 is 2.39 bits per heavy atom. The van der Waals surface area contributed by atoms with Gasteiger partial charge in [-0.3, -0.25) is 14.3 Å². The van der Waals surface area contributed by atoms with Crippen LogP contribution < -0.4 is 3.71 Å². The molecule has 0 aliphatic heterocycles. The Morgan fingerprint density at radius 2 is 2.00 bits per heavy atom. The second-order valence-corrected chi connectivity index (χ2v) is 6.82. The van der Waals surface area contributed by atoms with Gasteiger partial charge in [-0.05, 0) is 22.0 Å². The second-order valence-electron chi connectivity index (χ2n) is 3.10. The van der Waals surface area contributed by atoms with Crippen LogP contribution in [0.4, 0.5) is 11.4 Å². The molecule has 0 spiro atoms. The van der Waals surface area contributed by atoms with Crippen LogP contribution in [0.2, 0.25) is 0 Å². The van der Waals surface area contributed by atoms with Crippen LogP contribution in [0, 0.1) is 10.1 Å². The number of sulfonamides is 1. The molecule has 0 saturated heterocycles. The van der Waals surface area contributed by atoms with E-state index in [1.165, 1.54) is 6.07 Å². The number of nitro groups is 1. The standard InChI is InChI=1S/C7H7BrN2O6S2/c1-18(15,16)10(17(13)14)7-4-5(9(11)12)2-3-6(7)8/h2-4H,1H3,(H,13,14)/p-1. The summed E-state index contributed by atoms with van der Waals surface area (Å²) in [6.45, 7) is 0. The number of hydrogen-bond acceptors (Lipinski definition) is 6. The van der Waals surface area contributed by atoms with Gasteiger partial charge in [0, 0.05) is 16.6 Å². The summed E-state index contributed by atoms with van der Waals surface area (Å²) in [5.74, 6) is 0. The molecule has 18 heavy (non-hydrogen) atoms. The van der Waals surface area contributed by atoms with Gasteiger partial charge in [0.2, 0.25) is 10.0 Å². The van der Waals surface area contributed by atoms with E-state index in [2.05, 4.69) is 15.9 Å². The maximum absolute atomic E-state index is 11.3. The summed E-state index contributed by atoms with van der Waals surface area (Å²) in [6.07, 6.45) is 0.675. The van der Waals surface area contributed by atoms with Crippen molar-refractivity contribution >= 4 is 48.6 Å². The minimum Gasteiger partial charge on any atom is -0.754 e. The molecule has 0 amide bonds. The predicted molar refractivity (Wildman–Crippen MR) is 67.0 cm³/mol. The maximum atomic E-state index is 11.3. The summed E-state index contributed by atoms with van der Waals surface area (Å²) in [7, 11) is -4.11. The fourth-order valence-corrected chi connectivity index (χ4v) is 3.49. The Morgan fingerprint density at radius 1 is 1.44 bits per heavy atom. The van der Waals surface area contributed by atoms with Crippen molar-refractivity contribution in [3.05, 3.63) is 32.8 Å². The second kappa shape index (κ2) is 5.30. The molecule has 0 aliphatic rings. The molecule has 1 aromatic carbocycles. The SMILES string of the molecule is CS(=O)(=O)N(c1cc([N+](=O)[O-])ccc1Br)S(=O)[O-]. The third-order valence-electron chi connectivity index (χ3n) is 1.77. The van der Waals surface area contributed by atoms with E-state index in [1.807, 2.05) is 0 Å². The van der Waals surface area contributed by atoms with Gasteiger partial charge >= 0.3 is 0 Å². The Balaban J connectivity index is 3.51. The largest absolute Gasteiger partial charge is 0.754 e. The molecule has 1 rings (SSSR count). The molecule has 1 unspecified atom stereocenters. The Bertz CT molecular complexity index is 616. The number of nitro benzene ring substituents is 1. The monoisotopic (exact) mass is 357 g/mol. The average Bonchev–Trinajstić information content (AvgIpc) is 2.18. The number of anilines is 1. The molecule has 11 heteroatoms. The first-order valence-electron chi connectivity index (χ1n) is 4.18. The molecule has 0 heterocycles. The number of nitrogens with zero attached hydrogens (tertiary/aromatic N) is 2. The van der Waals surface area contributed by atoms with Crippen molar-refractivity contribution in [1.29, 1.82) is 0 Å². The molecular weight excluding hydrogens is 352 g/mol. The van der Waals surface area contributed by atoms with Crippen molar-refractivity contribution in [2.24, 2.45) is 0 Å². The van der Waals surface area contributed by atoms with E-state index in [0.29, 0.717) is 6.26 Å². The number of halogens is 1. The lowest BCUT2D eigenvalue weighted by Gasteiger charge is -2.24. The van der Waals surface area contributed by atoms with Gasteiger partial charge in [0.1, 0.15) is 0 Å². The van der Waals surface area contributed by atoms with Crippen molar-refractivity contribution in [2.75, 3.05) is 9.97 Å². The van der Waals surface area contributed by atoms with Crippen LogP contribution in [-0.2, 0) is 21.3 Å².